The number of carbonyl (C=O) groups excluding carboxylic acids is 2. The van der Waals surface area contributed by atoms with Gasteiger partial charge in [-0.1, -0.05) is 84.6 Å². The van der Waals surface area contributed by atoms with E-state index in [1.165, 1.54) is 4.90 Å². The molecule has 0 bridgehead atoms. The molecule has 0 spiro atoms. The molecule has 0 saturated heterocycles. The van der Waals surface area contributed by atoms with Crippen molar-refractivity contribution in [2.75, 3.05) is 17.1 Å². The molecule has 3 aromatic rings. The van der Waals surface area contributed by atoms with Gasteiger partial charge in [-0.05, 0) is 55.2 Å². The van der Waals surface area contributed by atoms with Gasteiger partial charge in [0.15, 0.2) is 0 Å². The van der Waals surface area contributed by atoms with Crippen LogP contribution in [0.25, 0.3) is 0 Å². The van der Waals surface area contributed by atoms with Crippen LogP contribution in [0, 0.1) is 6.92 Å². The first kappa shape index (κ1) is 30.9. The largest absolute Gasteiger partial charge is 0.352 e. The topological polar surface area (TPSA) is 86.8 Å². The average molecular weight is 617 g/mol. The van der Waals surface area contributed by atoms with Gasteiger partial charge in [-0.3, -0.25) is 13.9 Å². The molecule has 1 saturated carbocycles. The van der Waals surface area contributed by atoms with E-state index in [4.69, 9.17) is 23.2 Å². The molecular formula is C31H35Cl2N3O4S. The SMILES string of the molecule is Cc1cccc(N(CC(=O)N(Cc2c(Cl)cccc2Cl)[C@@H](Cc2ccccc2)C(=O)NC2CCCC2)S(C)(=O)=O)c1. The molecule has 2 amide bonds. The first-order valence-corrected chi connectivity index (χ1v) is 16.2. The fourth-order valence-electron chi connectivity index (χ4n) is 5.17. The summed E-state index contributed by atoms with van der Waals surface area (Å²) in [4.78, 5) is 29.5. The summed E-state index contributed by atoms with van der Waals surface area (Å²) in [5.41, 5.74) is 2.56. The van der Waals surface area contributed by atoms with Crippen LogP contribution in [0.15, 0.2) is 72.8 Å². The fourth-order valence-corrected chi connectivity index (χ4v) is 6.53. The van der Waals surface area contributed by atoms with Gasteiger partial charge in [-0.2, -0.15) is 0 Å². The number of hydrogen-bond acceptors (Lipinski definition) is 4. The molecule has 0 aromatic heterocycles. The molecule has 0 unspecified atom stereocenters. The highest BCUT2D eigenvalue weighted by Gasteiger charge is 2.35. The lowest BCUT2D eigenvalue weighted by Crippen LogP contribution is -2.54. The van der Waals surface area contributed by atoms with Gasteiger partial charge in [0.05, 0.1) is 11.9 Å². The van der Waals surface area contributed by atoms with Crippen molar-refractivity contribution >= 4 is 50.7 Å². The molecule has 7 nitrogen and oxygen atoms in total. The Morgan fingerprint density at radius 3 is 2.20 bits per heavy atom. The third-order valence-corrected chi connectivity index (χ3v) is 9.18. The molecule has 0 radical (unpaired) electrons. The van der Waals surface area contributed by atoms with Crippen molar-refractivity contribution in [3.8, 4) is 0 Å². The van der Waals surface area contributed by atoms with Crippen molar-refractivity contribution < 1.29 is 18.0 Å². The summed E-state index contributed by atoms with van der Waals surface area (Å²) in [5.74, 6) is -0.839. The Hall–Kier alpha value is -3.07. The molecule has 4 rings (SSSR count). The molecule has 1 aliphatic rings. The van der Waals surface area contributed by atoms with Crippen molar-refractivity contribution in [2.45, 2.75) is 57.7 Å². The van der Waals surface area contributed by atoms with Crippen LogP contribution in [0.4, 0.5) is 5.69 Å². The lowest BCUT2D eigenvalue weighted by molar-refractivity contribution is -0.140. The highest BCUT2D eigenvalue weighted by molar-refractivity contribution is 7.92. The van der Waals surface area contributed by atoms with E-state index in [1.807, 2.05) is 43.3 Å². The Kier molecular flexibility index (Phi) is 10.3. The van der Waals surface area contributed by atoms with Gasteiger partial charge in [0.1, 0.15) is 12.6 Å². The lowest BCUT2D eigenvalue weighted by atomic mass is 10.0. The van der Waals surface area contributed by atoms with Gasteiger partial charge in [0.25, 0.3) is 0 Å². The van der Waals surface area contributed by atoms with E-state index in [9.17, 15) is 18.0 Å². The molecule has 0 aliphatic heterocycles. The fraction of sp³-hybridized carbons (Fsp3) is 0.355. The number of nitrogens with one attached hydrogen (secondary N) is 1. The molecule has 3 aromatic carbocycles. The van der Waals surface area contributed by atoms with Gasteiger partial charge >= 0.3 is 0 Å². The number of halogens is 2. The monoisotopic (exact) mass is 615 g/mol. The molecular weight excluding hydrogens is 581 g/mol. The third-order valence-electron chi connectivity index (χ3n) is 7.33. The van der Waals surface area contributed by atoms with Crippen molar-refractivity contribution in [1.82, 2.24) is 10.2 Å². The summed E-state index contributed by atoms with van der Waals surface area (Å²) in [6.45, 7) is 1.28. The highest BCUT2D eigenvalue weighted by atomic mass is 35.5. The molecule has 1 aliphatic carbocycles. The number of hydrogen-bond donors (Lipinski definition) is 1. The van der Waals surface area contributed by atoms with E-state index in [1.54, 1.807) is 36.4 Å². The van der Waals surface area contributed by atoms with E-state index >= 15 is 0 Å². The maximum atomic E-state index is 14.2. The van der Waals surface area contributed by atoms with Gasteiger partial charge in [0, 0.05) is 34.6 Å². The number of rotatable bonds is 11. The van der Waals surface area contributed by atoms with Crippen LogP contribution in [0.1, 0.15) is 42.4 Å². The molecule has 1 atom stereocenters. The van der Waals surface area contributed by atoms with Crippen LogP contribution in [0.2, 0.25) is 10.0 Å². The normalized spacial score (nSPS) is 14.4. The minimum absolute atomic E-state index is 0.0291. The maximum Gasteiger partial charge on any atom is 0.244 e. The van der Waals surface area contributed by atoms with Gasteiger partial charge in [-0.15, -0.1) is 0 Å². The quantitative estimate of drug-likeness (QED) is 0.297. The Morgan fingerprint density at radius 2 is 1.59 bits per heavy atom. The van der Waals surface area contributed by atoms with Crippen molar-refractivity contribution in [2.24, 2.45) is 0 Å². The molecule has 1 fully saturated rings. The van der Waals surface area contributed by atoms with Crippen LogP contribution in [-0.4, -0.2) is 50.0 Å². The zero-order chi connectivity index (χ0) is 29.6. The molecule has 218 valence electrons. The smallest absolute Gasteiger partial charge is 0.244 e. The highest BCUT2D eigenvalue weighted by Crippen LogP contribution is 2.28. The van der Waals surface area contributed by atoms with Crippen molar-refractivity contribution in [3.63, 3.8) is 0 Å². The summed E-state index contributed by atoms with van der Waals surface area (Å²) in [5, 5.41) is 3.84. The summed E-state index contributed by atoms with van der Waals surface area (Å²) in [7, 11) is -3.84. The second kappa shape index (κ2) is 13.7. The second-order valence-corrected chi connectivity index (χ2v) is 13.2. The summed E-state index contributed by atoms with van der Waals surface area (Å²) >= 11 is 13.0. The van der Waals surface area contributed by atoms with Crippen LogP contribution >= 0.6 is 23.2 Å². The molecule has 0 heterocycles. The third kappa shape index (κ3) is 8.24. The number of sulfonamides is 1. The average Bonchev–Trinajstić information content (AvgIpc) is 3.43. The predicted molar refractivity (Wildman–Crippen MR) is 165 cm³/mol. The summed E-state index contributed by atoms with van der Waals surface area (Å²) in [6.07, 6.45) is 5.12. The first-order chi connectivity index (χ1) is 19.5. The van der Waals surface area contributed by atoms with E-state index in [0.717, 1.165) is 47.4 Å². The zero-order valence-electron chi connectivity index (χ0n) is 23.2. The lowest BCUT2D eigenvalue weighted by Gasteiger charge is -2.34. The number of carbonyl (C=O) groups is 2. The van der Waals surface area contributed by atoms with Crippen LogP contribution < -0.4 is 9.62 Å². The molecule has 1 N–H and O–H groups in total. The Bertz CT molecular complexity index is 1460. The van der Waals surface area contributed by atoms with Crippen molar-refractivity contribution in [3.05, 3.63) is 99.5 Å². The molecule has 10 heteroatoms. The van der Waals surface area contributed by atoms with Gasteiger partial charge in [0.2, 0.25) is 21.8 Å². The zero-order valence-corrected chi connectivity index (χ0v) is 25.6. The van der Waals surface area contributed by atoms with E-state index in [-0.39, 0.29) is 24.9 Å². The van der Waals surface area contributed by atoms with Crippen LogP contribution in [0.3, 0.4) is 0 Å². The summed E-state index contributed by atoms with van der Waals surface area (Å²) in [6, 6.07) is 20.5. The summed E-state index contributed by atoms with van der Waals surface area (Å²) < 4.78 is 26.9. The van der Waals surface area contributed by atoms with E-state index in [0.29, 0.717) is 21.3 Å². The number of aryl methyl sites for hydroxylation is 1. The number of amides is 2. The predicted octanol–water partition coefficient (Wildman–Crippen LogP) is 5.77. The maximum absolute atomic E-state index is 14.2. The Balaban J connectivity index is 1.76. The Labute approximate surface area is 252 Å². The Morgan fingerprint density at radius 1 is 0.951 bits per heavy atom. The minimum atomic E-state index is -3.84. The van der Waals surface area contributed by atoms with Crippen molar-refractivity contribution in [1.29, 1.82) is 0 Å². The standard InChI is InChI=1S/C31H35Cl2N3O4S/c1-22-10-8-15-25(18-22)36(41(2,39)40)21-30(37)35(20-26-27(32)16-9-17-28(26)33)29(19-23-11-4-3-5-12-23)31(38)34-24-13-6-7-14-24/h3-5,8-12,15-18,24,29H,6-7,13-14,19-21H2,1-2H3,(H,34,38)/t29-/m0/s1. The van der Waals surface area contributed by atoms with E-state index < -0.39 is 28.5 Å². The first-order valence-electron chi connectivity index (χ1n) is 13.6. The van der Waals surface area contributed by atoms with Gasteiger partial charge in [-0.25, -0.2) is 8.42 Å². The van der Waals surface area contributed by atoms with Crippen LogP contribution in [0.5, 0.6) is 0 Å². The number of anilines is 1. The van der Waals surface area contributed by atoms with Gasteiger partial charge < -0.3 is 10.2 Å². The minimum Gasteiger partial charge on any atom is -0.352 e. The van der Waals surface area contributed by atoms with E-state index in [2.05, 4.69) is 5.32 Å². The van der Waals surface area contributed by atoms with Crippen LogP contribution in [-0.2, 0) is 32.6 Å². The second-order valence-electron chi connectivity index (χ2n) is 10.5. The number of benzene rings is 3. The molecule has 41 heavy (non-hydrogen) atoms. The number of nitrogens with zero attached hydrogens (tertiary/aromatic N) is 2.